The van der Waals surface area contributed by atoms with Crippen LogP contribution in [-0.4, -0.2) is 10.7 Å². The van der Waals surface area contributed by atoms with Crippen molar-refractivity contribution in [2.75, 3.05) is 0 Å². The fraction of sp³-hybridized carbons (Fsp3) is 0.840. The molecule has 26 heavy (non-hydrogen) atoms. The summed E-state index contributed by atoms with van der Waals surface area (Å²) in [5.74, 6) is 2.58. The Morgan fingerprint density at radius 1 is 0.846 bits per heavy atom. The second kappa shape index (κ2) is 7.82. The summed E-state index contributed by atoms with van der Waals surface area (Å²) in [6.07, 6.45) is 13.5. The molecule has 4 rings (SSSR count). The lowest BCUT2D eigenvalue weighted by atomic mass is 9.47. The van der Waals surface area contributed by atoms with Crippen LogP contribution in [0.25, 0.3) is 0 Å². The highest BCUT2D eigenvalue weighted by atomic mass is 16.3. The van der Waals surface area contributed by atoms with E-state index in [1.165, 1.54) is 32.1 Å². The summed E-state index contributed by atoms with van der Waals surface area (Å²) in [5.41, 5.74) is 3.61. The van der Waals surface area contributed by atoms with E-state index in [4.69, 9.17) is 0 Å². The third-order valence-electron chi connectivity index (χ3n) is 8.35. The molecule has 0 heterocycles. The van der Waals surface area contributed by atoms with Crippen LogP contribution in [0.3, 0.4) is 0 Å². The molecule has 4 aliphatic carbocycles. The molecule has 4 unspecified atom stereocenters. The van der Waals surface area contributed by atoms with Gasteiger partial charge in [0.2, 0.25) is 0 Å². The molecule has 150 valence electrons. The first-order chi connectivity index (χ1) is 12.3. The standard InChI is InChI=1S/C21H32O.2C2H6/c1-14-5-8-17-16-7-6-15-13-19(2,22)11-12-21(15,4)18(16)9-10-20(14,17)3;2*1-2/h5-6,16-18,22H,7-13H2,1-4H3;2*1-2H3/t16?,17?,18?,19-,20?,21-;;/m0../s1. The lowest BCUT2D eigenvalue weighted by Gasteiger charge is -2.58. The van der Waals surface area contributed by atoms with Gasteiger partial charge in [0, 0.05) is 0 Å². The molecule has 0 radical (unpaired) electrons. The first kappa shape index (κ1) is 21.7. The zero-order valence-corrected chi connectivity index (χ0v) is 18.8. The minimum absolute atomic E-state index is 0.364. The van der Waals surface area contributed by atoms with E-state index in [0.717, 1.165) is 30.6 Å². The van der Waals surface area contributed by atoms with Gasteiger partial charge in [0.25, 0.3) is 0 Å². The van der Waals surface area contributed by atoms with Crippen LogP contribution < -0.4 is 0 Å². The van der Waals surface area contributed by atoms with Crippen LogP contribution in [0, 0.1) is 28.6 Å². The van der Waals surface area contributed by atoms with Crippen LogP contribution in [-0.2, 0) is 0 Å². The Morgan fingerprint density at radius 2 is 1.50 bits per heavy atom. The molecule has 0 aliphatic heterocycles. The highest BCUT2D eigenvalue weighted by molar-refractivity contribution is 5.30. The second-order valence-electron chi connectivity index (χ2n) is 9.51. The molecule has 2 fully saturated rings. The maximum Gasteiger partial charge on any atom is 0.0657 e. The summed E-state index contributed by atoms with van der Waals surface area (Å²) in [6, 6.07) is 0. The van der Waals surface area contributed by atoms with Crippen molar-refractivity contribution in [1.29, 1.82) is 0 Å². The molecule has 0 bridgehead atoms. The molecule has 1 heteroatoms. The Bertz CT molecular complexity index is 555. The third kappa shape index (κ3) is 3.34. The van der Waals surface area contributed by atoms with Crippen LogP contribution in [0.4, 0.5) is 0 Å². The average Bonchev–Trinajstić information content (AvgIpc) is 2.94. The summed E-state index contributed by atoms with van der Waals surface area (Å²) in [7, 11) is 0. The molecule has 0 amide bonds. The predicted molar refractivity (Wildman–Crippen MR) is 114 cm³/mol. The molecule has 0 saturated heterocycles. The van der Waals surface area contributed by atoms with Gasteiger partial charge >= 0.3 is 0 Å². The minimum atomic E-state index is -0.465. The lowest BCUT2D eigenvalue weighted by molar-refractivity contribution is -0.0519. The number of hydrogen-bond acceptors (Lipinski definition) is 1. The fourth-order valence-electron chi connectivity index (χ4n) is 6.59. The van der Waals surface area contributed by atoms with Crippen molar-refractivity contribution in [3.63, 3.8) is 0 Å². The van der Waals surface area contributed by atoms with E-state index >= 15 is 0 Å². The van der Waals surface area contributed by atoms with Crippen LogP contribution in [0.2, 0.25) is 0 Å². The highest BCUT2D eigenvalue weighted by Crippen LogP contribution is 2.65. The topological polar surface area (TPSA) is 20.2 Å². The Hall–Kier alpha value is -0.560. The SMILES string of the molecule is CC.CC.CC1=CCC2C3CC=C4C[C@@](C)(O)CC[C@]4(C)C3CCC12C. The number of aliphatic hydroxyl groups is 1. The molecular formula is C25H44O. The number of fused-ring (bicyclic) bond motifs is 5. The second-order valence-corrected chi connectivity index (χ2v) is 9.51. The first-order valence-corrected chi connectivity index (χ1v) is 11.4. The smallest absolute Gasteiger partial charge is 0.0657 e. The van der Waals surface area contributed by atoms with E-state index in [0.29, 0.717) is 10.8 Å². The van der Waals surface area contributed by atoms with Crippen molar-refractivity contribution in [3.05, 3.63) is 23.3 Å². The summed E-state index contributed by atoms with van der Waals surface area (Å²) in [6.45, 7) is 17.4. The molecule has 1 nitrogen and oxygen atoms in total. The van der Waals surface area contributed by atoms with Crippen LogP contribution in [0.15, 0.2) is 23.3 Å². The maximum absolute atomic E-state index is 10.5. The monoisotopic (exact) mass is 360 g/mol. The van der Waals surface area contributed by atoms with Crippen LogP contribution >= 0.6 is 0 Å². The molecule has 6 atom stereocenters. The maximum atomic E-state index is 10.5. The van der Waals surface area contributed by atoms with E-state index in [1.807, 2.05) is 34.6 Å². The van der Waals surface area contributed by atoms with E-state index in [1.54, 1.807) is 11.1 Å². The lowest BCUT2D eigenvalue weighted by Crippen LogP contribution is -2.51. The van der Waals surface area contributed by atoms with Crippen molar-refractivity contribution in [2.24, 2.45) is 28.6 Å². The Morgan fingerprint density at radius 3 is 2.15 bits per heavy atom. The van der Waals surface area contributed by atoms with Crippen molar-refractivity contribution < 1.29 is 5.11 Å². The molecule has 2 saturated carbocycles. The van der Waals surface area contributed by atoms with Gasteiger partial charge in [-0.1, -0.05) is 64.8 Å². The quantitative estimate of drug-likeness (QED) is 0.449. The molecular weight excluding hydrogens is 316 g/mol. The number of allylic oxidation sites excluding steroid dienone is 3. The normalized spacial score (nSPS) is 46.1. The predicted octanol–water partition coefficient (Wildman–Crippen LogP) is 7.31. The molecule has 0 aromatic rings. The molecule has 4 aliphatic rings. The number of hydrogen-bond donors (Lipinski definition) is 1. The average molecular weight is 361 g/mol. The van der Waals surface area contributed by atoms with Gasteiger partial charge in [0.05, 0.1) is 5.60 Å². The van der Waals surface area contributed by atoms with Gasteiger partial charge in [-0.15, -0.1) is 0 Å². The molecule has 0 aromatic heterocycles. The van der Waals surface area contributed by atoms with Crippen molar-refractivity contribution >= 4 is 0 Å². The van der Waals surface area contributed by atoms with Gasteiger partial charge in [0.1, 0.15) is 0 Å². The summed E-state index contributed by atoms with van der Waals surface area (Å²) >= 11 is 0. The Labute approximate surface area is 163 Å². The van der Waals surface area contributed by atoms with E-state index in [-0.39, 0.29) is 0 Å². The van der Waals surface area contributed by atoms with Gasteiger partial charge in [-0.25, -0.2) is 0 Å². The fourth-order valence-corrected chi connectivity index (χ4v) is 6.59. The summed E-state index contributed by atoms with van der Waals surface area (Å²) in [4.78, 5) is 0. The molecule has 0 spiro atoms. The Kier molecular flexibility index (Phi) is 6.54. The highest BCUT2D eigenvalue weighted by Gasteiger charge is 2.56. The van der Waals surface area contributed by atoms with E-state index < -0.39 is 5.60 Å². The van der Waals surface area contributed by atoms with Gasteiger partial charge in [-0.3, -0.25) is 0 Å². The van der Waals surface area contributed by atoms with Gasteiger partial charge in [-0.2, -0.15) is 0 Å². The van der Waals surface area contributed by atoms with E-state index in [2.05, 4.69) is 32.9 Å². The number of rotatable bonds is 0. The third-order valence-corrected chi connectivity index (χ3v) is 8.35. The largest absolute Gasteiger partial charge is 0.390 e. The first-order valence-electron chi connectivity index (χ1n) is 11.4. The van der Waals surface area contributed by atoms with Gasteiger partial charge in [0.15, 0.2) is 0 Å². The van der Waals surface area contributed by atoms with Gasteiger partial charge in [-0.05, 0) is 87.4 Å². The zero-order valence-electron chi connectivity index (χ0n) is 18.8. The van der Waals surface area contributed by atoms with Crippen molar-refractivity contribution in [3.8, 4) is 0 Å². The van der Waals surface area contributed by atoms with Gasteiger partial charge < -0.3 is 5.11 Å². The Balaban J connectivity index is 0.000000570. The van der Waals surface area contributed by atoms with Crippen LogP contribution in [0.1, 0.15) is 100 Å². The van der Waals surface area contributed by atoms with E-state index in [9.17, 15) is 5.11 Å². The van der Waals surface area contributed by atoms with Crippen molar-refractivity contribution in [1.82, 2.24) is 0 Å². The molecule has 1 N–H and O–H groups in total. The summed E-state index contributed by atoms with van der Waals surface area (Å²) < 4.78 is 0. The molecule has 0 aromatic carbocycles. The zero-order chi connectivity index (χ0) is 19.8. The van der Waals surface area contributed by atoms with Crippen LogP contribution in [0.5, 0.6) is 0 Å². The summed E-state index contributed by atoms with van der Waals surface area (Å²) in [5, 5.41) is 10.5. The van der Waals surface area contributed by atoms with Crippen molar-refractivity contribution in [2.45, 2.75) is 106 Å². The minimum Gasteiger partial charge on any atom is -0.390 e.